The van der Waals surface area contributed by atoms with Gasteiger partial charge in [0.25, 0.3) is 5.91 Å². The molecule has 0 spiro atoms. The summed E-state index contributed by atoms with van der Waals surface area (Å²) in [4.78, 5) is 30.6. The number of hydrogen-bond donors (Lipinski definition) is 0. The van der Waals surface area contributed by atoms with Crippen molar-refractivity contribution in [3.8, 4) is 0 Å². The first-order valence-corrected chi connectivity index (χ1v) is 12.1. The second-order valence-corrected chi connectivity index (χ2v) is 9.64. The highest BCUT2D eigenvalue weighted by Crippen LogP contribution is 2.38. The highest BCUT2D eigenvalue weighted by Gasteiger charge is 2.43. The van der Waals surface area contributed by atoms with E-state index in [4.69, 9.17) is 0 Å². The number of alkyl halides is 3. The molecule has 2 aliphatic rings. The first kappa shape index (κ1) is 24.1. The Labute approximate surface area is 208 Å². The van der Waals surface area contributed by atoms with E-state index in [0.717, 1.165) is 29.7 Å². The van der Waals surface area contributed by atoms with Crippen LogP contribution in [0.1, 0.15) is 44.1 Å². The molecule has 3 aromatic rings. The third kappa shape index (κ3) is 4.62. The zero-order chi connectivity index (χ0) is 25.4. The van der Waals surface area contributed by atoms with E-state index < -0.39 is 23.6 Å². The van der Waals surface area contributed by atoms with Gasteiger partial charge in [0.15, 0.2) is 0 Å². The van der Waals surface area contributed by atoms with Crippen molar-refractivity contribution in [3.05, 3.63) is 106 Å². The molecule has 1 saturated heterocycles. The maximum absolute atomic E-state index is 13.8. The molecule has 3 aromatic carbocycles. The van der Waals surface area contributed by atoms with Gasteiger partial charge in [0.1, 0.15) is 0 Å². The van der Waals surface area contributed by atoms with Crippen molar-refractivity contribution in [2.24, 2.45) is 5.92 Å². The predicted molar refractivity (Wildman–Crippen MR) is 130 cm³/mol. The minimum Gasteiger partial charge on any atom is -0.338 e. The Balaban J connectivity index is 1.47. The Morgan fingerprint density at radius 1 is 0.861 bits per heavy atom. The largest absolute Gasteiger partial charge is 0.416 e. The van der Waals surface area contributed by atoms with E-state index in [0.29, 0.717) is 24.2 Å². The van der Waals surface area contributed by atoms with Crippen LogP contribution in [0.3, 0.4) is 0 Å². The van der Waals surface area contributed by atoms with Gasteiger partial charge >= 0.3 is 6.18 Å². The summed E-state index contributed by atoms with van der Waals surface area (Å²) in [5, 5.41) is 0. The summed E-state index contributed by atoms with van der Waals surface area (Å²) >= 11 is 0. The van der Waals surface area contributed by atoms with Gasteiger partial charge in [-0.15, -0.1) is 0 Å². The third-order valence-corrected chi connectivity index (χ3v) is 7.38. The van der Waals surface area contributed by atoms with E-state index in [2.05, 4.69) is 6.07 Å². The molecule has 1 fully saturated rings. The van der Waals surface area contributed by atoms with Gasteiger partial charge in [-0.2, -0.15) is 13.2 Å². The Morgan fingerprint density at radius 3 is 2.33 bits per heavy atom. The minimum atomic E-state index is -4.48. The van der Waals surface area contributed by atoms with Crippen LogP contribution in [0, 0.1) is 12.8 Å². The van der Waals surface area contributed by atoms with Crippen molar-refractivity contribution >= 4 is 11.8 Å². The van der Waals surface area contributed by atoms with Gasteiger partial charge in [-0.3, -0.25) is 9.59 Å². The highest BCUT2D eigenvalue weighted by atomic mass is 19.4. The first-order chi connectivity index (χ1) is 17.2. The van der Waals surface area contributed by atoms with Crippen molar-refractivity contribution < 1.29 is 22.8 Å². The van der Waals surface area contributed by atoms with Gasteiger partial charge in [-0.1, -0.05) is 60.7 Å². The summed E-state index contributed by atoms with van der Waals surface area (Å²) in [7, 11) is 0. The number of amides is 2. The van der Waals surface area contributed by atoms with Crippen LogP contribution in [0.2, 0.25) is 0 Å². The third-order valence-electron chi connectivity index (χ3n) is 7.38. The molecule has 0 saturated carbocycles. The quantitative estimate of drug-likeness (QED) is 0.488. The van der Waals surface area contributed by atoms with Gasteiger partial charge in [0.05, 0.1) is 11.5 Å². The molecule has 0 N–H and O–H groups in total. The monoisotopic (exact) mass is 492 g/mol. The lowest BCUT2D eigenvalue weighted by Crippen LogP contribution is -2.42. The van der Waals surface area contributed by atoms with E-state index in [1.165, 1.54) is 11.6 Å². The molecule has 2 atom stereocenters. The Hall–Kier alpha value is -3.61. The molecular formula is C29H27F3N2O2. The van der Waals surface area contributed by atoms with Crippen LogP contribution in [0.15, 0.2) is 72.8 Å². The van der Waals surface area contributed by atoms with Gasteiger partial charge in [0.2, 0.25) is 5.91 Å². The number of hydrogen-bond acceptors (Lipinski definition) is 2. The summed E-state index contributed by atoms with van der Waals surface area (Å²) in [6.45, 7) is 3.22. The molecule has 2 unspecified atom stereocenters. The van der Waals surface area contributed by atoms with Crippen LogP contribution in [0.4, 0.5) is 13.2 Å². The minimum absolute atomic E-state index is 0.119. The molecule has 4 nitrogen and oxygen atoms in total. The molecule has 0 aliphatic carbocycles. The van der Waals surface area contributed by atoms with Gasteiger partial charge < -0.3 is 9.80 Å². The molecule has 2 aliphatic heterocycles. The zero-order valence-corrected chi connectivity index (χ0v) is 20.0. The maximum Gasteiger partial charge on any atom is 0.416 e. The van der Waals surface area contributed by atoms with E-state index in [1.807, 2.05) is 37.3 Å². The summed E-state index contributed by atoms with van der Waals surface area (Å²) in [5.41, 5.74) is 3.33. The standard InChI is InChI=1S/C29H27F3N2O2/c1-19-7-2-5-12-24(19)27(35)34-17-25(21-10-6-11-23(15-21)29(30,31)32)26(18-34)28(36)33-14-13-20-8-3-4-9-22(20)16-33/h2-12,15,25-26H,13-14,16-18H2,1H3. The van der Waals surface area contributed by atoms with Crippen LogP contribution in [-0.2, 0) is 23.9 Å². The smallest absolute Gasteiger partial charge is 0.338 e. The van der Waals surface area contributed by atoms with Crippen molar-refractivity contribution in [3.63, 3.8) is 0 Å². The second kappa shape index (κ2) is 9.45. The highest BCUT2D eigenvalue weighted by molar-refractivity contribution is 5.96. The average Bonchev–Trinajstić information content (AvgIpc) is 3.33. The molecule has 0 radical (unpaired) electrons. The van der Waals surface area contributed by atoms with Crippen molar-refractivity contribution in [2.75, 3.05) is 19.6 Å². The van der Waals surface area contributed by atoms with Crippen molar-refractivity contribution in [2.45, 2.75) is 32.0 Å². The summed E-state index contributed by atoms with van der Waals surface area (Å²) in [6, 6.07) is 20.4. The SMILES string of the molecule is Cc1ccccc1C(=O)N1CC(C(=O)N2CCc3ccccc3C2)C(c2cccc(C(F)(F)F)c2)C1. The summed E-state index contributed by atoms with van der Waals surface area (Å²) < 4.78 is 40.4. The first-order valence-electron chi connectivity index (χ1n) is 12.1. The fourth-order valence-corrected chi connectivity index (χ4v) is 5.40. The van der Waals surface area contributed by atoms with Crippen molar-refractivity contribution in [1.82, 2.24) is 9.80 Å². The fraction of sp³-hybridized carbons (Fsp3) is 0.310. The van der Waals surface area contributed by atoms with Gasteiger partial charge in [-0.25, -0.2) is 0 Å². The molecule has 2 amide bonds. The van der Waals surface area contributed by atoms with E-state index in [-0.39, 0.29) is 24.9 Å². The summed E-state index contributed by atoms with van der Waals surface area (Å²) in [5.74, 6) is -1.46. The average molecular weight is 493 g/mol. The fourth-order valence-electron chi connectivity index (χ4n) is 5.40. The number of benzene rings is 3. The molecule has 2 heterocycles. The summed E-state index contributed by atoms with van der Waals surface area (Å²) in [6.07, 6.45) is -3.75. The Kier molecular flexibility index (Phi) is 6.33. The number of rotatable bonds is 3. The molecule has 36 heavy (non-hydrogen) atoms. The van der Waals surface area contributed by atoms with Gasteiger partial charge in [-0.05, 0) is 47.7 Å². The molecule has 5 rings (SSSR count). The molecule has 0 aromatic heterocycles. The van der Waals surface area contributed by atoms with E-state index in [9.17, 15) is 22.8 Å². The van der Waals surface area contributed by atoms with E-state index >= 15 is 0 Å². The van der Waals surface area contributed by atoms with Crippen LogP contribution in [0.25, 0.3) is 0 Å². The number of aryl methyl sites for hydroxylation is 1. The van der Waals surface area contributed by atoms with Crippen LogP contribution >= 0.6 is 0 Å². The topological polar surface area (TPSA) is 40.6 Å². The number of likely N-dealkylation sites (tertiary alicyclic amines) is 1. The number of fused-ring (bicyclic) bond motifs is 1. The van der Waals surface area contributed by atoms with E-state index in [1.54, 1.807) is 28.0 Å². The Morgan fingerprint density at radius 2 is 1.58 bits per heavy atom. The van der Waals surface area contributed by atoms with Crippen LogP contribution in [0.5, 0.6) is 0 Å². The molecule has 0 bridgehead atoms. The van der Waals surface area contributed by atoms with Crippen LogP contribution in [-0.4, -0.2) is 41.2 Å². The molecular weight excluding hydrogens is 465 g/mol. The molecule has 7 heteroatoms. The lowest BCUT2D eigenvalue weighted by atomic mass is 9.86. The number of nitrogens with zero attached hydrogens (tertiary/aromatic N) is 2. The maximum atomic E-state index is 13.8. The lowest BCUT2D eigenvalue weighted by Gasteiger charge is -2.32. The lowest BCUT2D eigenvalue weighted by molar-refractivity contribution is -0.137. The normalized spacial score (nSPS) is 19.8. The van der Waals surface area contributed by atoms with Crippen LogP contribution < -0.4 is 0 Å². The number of halogens is 3. The van der Waals surface area contributed by atoms with Crippen molar-refractivity contribution in [1.29, 1.82) is 0 Å². The van der Waals surface area contributed by atoms with Gasteiger partial charge in [0, 0.05) is 37.7 Å². The Bertz CT molecular complexity index is 1300. The zero-order valence-electron chi connectivity index (χ0n) is 20.0. The number of carbonyl (C=O) groups excluding carboxylic acids is 2. The number of carbonyl (C=O) groups is 2. The second-order valence-electron chi connectivity index (χ2n) is 9.64. The molecule has 186 valence electrons. The predicted octanol–water partition coefficient (Wildman–Crippen LogP) is 5.45.